The van der Waals surface area contributed by atoms with E-state index in [1.807, 2.05) is 18.2 Å². The van der Waals surface area contributed by atoms with Crippen LogP contribution in [0.5, 0.6) is 0 Å². The summed E-state index contributed by atoms with van der Waals surface area (Å²) in [5.41, 5.74) is 5.99. The summed E-state index contributed by atoms with van der Waals surface area (Å²) < 4.78 is 0. The molecule has 136 valence electrons. The van der Waals surface area contributed by atoms with E-state index in [4.69, 9.17) is 12.6 Å². The Morgan fingerprint density at radius 3 is 1.96 bits per heavy atom. The van der Waals surface area contributed by atoms with E-state index in [2.05, 4.69) is 97.9 Å². The fourth-order valence-corrected chi connectivity index (χ4v) is 3.18. The third kappa shape index (κ3) is 5.38. The number of anilines is 1. The number of rotatable bonds is 6. The van der Waals surface area contributed by atoms with Gasteiger partial charge in [-0.15, -0.1) is 12.6 Å². The van der Waals surface area contributed by atoms with Crippen LogP contribution in [-0.2, 0) is 6.42 Å². The minimum Gasteiger partial charge on any atom is -0.378 e. The highest BCUT2D eigenvalue weighted by atomic mass is 32.1. The van der Waals surface area contributed by atoms with Crippen molar-refractivity contribution < 1.29 is 0 Å². The largest absolute Gasteiger partial charge is 0.378 e. The zero-order valence-corrected chi connectivity index (χ0v) is 16.7. The topological polar surface area (TPSA) is 3.24 Å². The molecule has 0 N–H and O–H groups in total. The lowest BCUT2D eigenvalue weighted by Gasteiger charge is -2.13. The van der Waals surface area contributed by atoms with Crippen molar-refractivity contribution in [3.8, 4) is 0 Å². The lowest BCUT2D eigenvalue weighted by molar-refractivity contribution is 1.13. The molecule has 0 unspecified atom stereocenters. The van der Waals surface area contributed by atoms with Gasteiger partial charge in [-0.2, -0.15) is 0 Å². The average molecular weight is 372 g/mol. The minimum absolute atomic E-state index is 0.887. The molecule has 0 aliphatic carbocycles. The zero-order valence-electron chi connectivity index (χ0n) is 15.8. The number of benzene rings is 3. The van der Waals surface area contributed by atoms with E-state index in [9.17, 15) is 0 Å². The smallest absolute Gasteiger partial charge is 0.0361 e. The third-order valence-electron chi connectivity index (χ3n) is 4.48. The van der Waals surface area contributed by atoms with Crippen LogP contribution in [-0.4, -0.2) is 14.1 Å². The zero-order chi connectivity index (χ0) is 19.1. The van der Waals surface area contributed by atoms with Crippen LogP contribution in [0.4, 0.5) is 5.69 Å². The van der Waals surface area contributed by atoms with E-state index in [1.165, 1.54) is 22.4 Å². The predicted octanol–water partition coefficient (Wildman–Crippen LogP) is 6.35. The van der Waals surface area contributed by atoms with Gasteiger partial charge in [0.15, 0.2) is 0 Å². The van der Waals surface area contributed by atoms with Crippen LogP contribution in [0.2, 0.25) is 0 Å². The SMILES string of the molecule is CN(C)c1ccc(C(/C=C(\S)c2ccccc2)=C/Cc2ccccc2)cc1. The Morgan fingerprint density at radius 1 is 0.778 bits per heavy atom. The van der Waals surface area contributed by atoms with Gasteiger partial charge in [0.05, 0.1) is 0 Å². The standard InChI is InChI=1S/C25H25NS/c1-26(2)24-17-15-21(16-18-24)23(14-13-20-9-5-3-6-10-20)19-25(27)22-11-7-4-8-12-22/h3-12,14-19,27H,13H2,1-2H3/b23-14+,25-19-. The normalized spacial score (nSPS) is 12.1. The van der Waals surface area contributed by atoms with Gasteiger partial charge in [-0.3, -0.25) is 0 Å². The summed E-state index contributed by atoms with van der Waals surface area (Å²) in [4.78, 5) is 3.08. The van der Waals surface area contributed by atoms with E-state index in [-0.39, 0.29) is 0 Å². The van der Waals surface area contributed by atoms with Crippen molar-refractivity contribution in [3.05, 3.63) is 114 Å². The van der Waals surface area contributed by atoms with Gasteiger partial charge in [0.25, 0.3) is 0 Å². The van der Waals surface area contributed by atoms with Crippen molar-refractivity contribution >= 4 is 28.8 Å². The number of allylic oxidation sites excluding steroid dienone is 3. The molecule has 0 aromatic heterocycles. The van der Waals surface area contributed by atoms with Gasteiger partial charge in [0.1, 0.15) is 0 Å². The maximum atomic E-state index is 4.75. The summed E-state index contributed by atoms with van der Waals surface area (Å²) in [6.07, 6.45) is 5.32. The Bertz CT molecular complexity index is 908. The van der Waals surface area contributed by atoms with Crippen LogP contribution < -0.4 is 4.90 Å². The first-order valence-corrected chi connectivity index (χ1v) is 9.56. The maximum Gasteiger partial charge on any atom is 0.0361 e. The Balaban J connectivity index is 1.95. The minimum atomic E-state index is 0.887. The third-order valence-corrected chi connectivity index (χ3v) is 4.87. The molecule has 0 aliphatic rings. The van der Waals surface area contributed by atoms with Crippen LogP contribution in [0.3, 0.4) is 0 Å². The molecule has 0 radical (unpaired) electrons. The monoisotopic (exact) mass is 371 g/mol. The molecule has 0 amide bonds. The summed E-state index contributed by atoms with van der Waals surface area (Å²) in [7, 11) is 4.12. The maximum absolute atomic E-state index is 4.75. The summed E-state index contributed by atoms with van der Waals surface area (Å²) in [5, 5.41) is 0. The number of hydrogen-bond donors (Lipinski definition) is 1. The molecule has 3 aromatic carbocycles. The molecule has 1 nitrogen and oxygen atoms in total. The first-order chi connectivity index (χ1) is 13.1. The van der Waals surface area contributed by atoms with Crippen molar-refractivity contribution in [3.63, 3.8) is 0 Å². The summed E-state index contributed by atoms with van der Waals surface area (Å²) >= 11 is 4.75. The number of nitrogens with zero attached hydrogens (tertiary/aromatic N) is 1. The second-order valence-electron chi connectivity index (χ2n) is 6.69. The van der Waals surface area contributed by atoms with Gasteiger partial charge in [-0.25, -0.2) is 0 Å². The Labute approximate surface area is 168 Å². The molecule has 0 spiro atoms. The second-order valence-corrected chi connectivity index (χ2v) is 7.17. The van der Waals surface area contributed by atoms with Crippen molar-refractivity contribution in [2.75, 3.05) is 19.0 Å². The molecule has 0 heterocycles. The highest BCUT2D eigenvalue weighted by Crippen LogP contribution is 2.27. The quantitative estimate of drug-likeness (QED) is 0.390. The number of thiol groups is 1. The van der Waals surface area contributed by atoms with Crippen molar-refractivity contribution in [1.29, 1.82) is 0 Å². The number of hydrogen-bond acceptors (Lipinski definition) is 2. The highest BCUT2D eigenvalue weighted by molar-refractivity contribution is 7.90. The van der Waals surface area contributed by atoms with E-state index in [0.29, 0.717) is 0 Å². The molecule has 27 heavy (non-hydrogen) atoms. The van der Waals surface area contributed by atoms with Crippen LogP contribution in [0.1, 0.15) is 16.7 Å². The molecule has 0 fully saturated rings. The fraction of sp³-hybridized carbons (Fsp3) is 0.120. The average Bonchev–Trinajstić information content (AvgIpc) is 2.72. The molecule has 0 saturated heterocycles. The molecular weight excluding hydrogens is 346 g/mol. The molecule has 3 aromatic rings. The molecular formula is C25H25NS. The molecule has 0 saturated carbocycles. The fourth-order valence-electron chi connectivity index (χ4n) is 2.89. The Hall–Kier alpha value is -2.71. The van der Waals surface area contributed by atoms with E-state index >= 15 is 0 Å². The van der Waals surface area contributed by atoms with E-state index in [0.717, 1.165) is 16.9 Å². The first kappa shape index (κ1) is 19.1. The van der Waals surface area contributed by atoms with Crippen molar-refractivity contribution in [1.82, 2.24) is 0 Å². The van der Waals surface area contributed by atoms with Crippen LogP contribution >= 0.6 is 12.6 Å². The van der Waals surface area contributed by atoms with E-state index < -0.39 is 0 Å². The Kier molecular flexibility index (Phi) is 6.56. The van der Waals surface area contributed by atoms with Gasteiger partial charge in [-0.05, 0) is 46.9 Å². The van der Waals surface area contributed by atoms with Gasteiger partial charge < -0.3 is 4.90 Å². The van der Waals surface area contributed by atoms with Gasteiger partial charge in [-0.1, -0.05) is 78.9 Å². The van der Waals surface area contributed by atoms with E-state index in [1.54, 1.807) is 0 Å². The van der Waals surface area contributed by atoms with Gasteiger partial charge >= 0.3 is 0 Å². The Morgan fingerprint density at radius 2 is 1.37 bits per heavy atom. The van der Waals surface area contributed by atoms with Gasteiger partial charge in [0.2, 0.25) is 0 Å². The lowest BCUT2D eigenvalue weighted by atomic mass is 10.0. The first-order valence-electron chi connectivity index (χ1n) is 9.11. The summed E-state index contributed by atoms with van der Waals surface area (Å²) in [6, 6.07) is 29.5. The van der Waals surface area contributed by atoms with Crippen molar-refractivity contribution in [2.45, 2.75) is 6.42 Å². The van der Waals surface area contributed by atoms with Crippen molar-refractivity contribution in [2.24, 2.45) is 0 Å². The molecule has 3 rings (SSSR count). The second kappa shape index (κ2) is 9.29. The molecule has 0 bridgehead atoms. The predicted molar refractivity (Wildman–Crippen MR) is 122 cm³/mol. The van der Waals surface area contributed by atoms with Crippen LogP contribution in [0.15, 0.2) is 97.1 Å². The van der Waals surface area contributed by atoms with Gasteiger partial charge in [0, 0.05) is 24.7 Å². The molecule has 0 atom stereocenters. The summed E-state index contributed by atoms with van der Waals surface area (Å²) in [6.45, 7) is 0. The van der Waals surface area contributed by atoms with Crippen LogP contribution in [0, 0.1) is 0 Å². The van der Waals surface area contributed by atoms with Crippen LogP contribution in [0.25, 0.3) is 10.5 Å². The highest BCUT2D eigenvalue weighted by Gasteiger charge is 2.04. The summed E-state index contributed by atoms with van der Waals surface area (Å²) in [5.74, 6) is 0. The molecule has 0 aliphatic heterocycles. The lowest BCUT2D eigenvalue weighted by Crippen LogP contribution is -2.08. The molecule has 2 heteroatoms.